The predicted octanol–water partition coefficient (Wildman–Crippen LogP) is 4.33. The van der Waals surface area contributed by atoms with Crippen LogP contribution in [0, 0.1) is 13.8 Å². The topological polar surface area (TPSA) is 53.2 Å². The molecule has 0 saturated heterocycles. The van der Waals surface area contributed by atoms with Gasteiger partial charge in [0.05, 0.1) is 0 Å². The second-order valence-corrected chi connectivity index (χ2v) is 7.42. The number of aromatic nitrogens is 1. The van der Waals surface area contributed by atoms with Gasteiger partial charge in [0.25, 0.3) is 0 Å². The molecule has 1 N–H and O–H groups in total. The molecule has 0 bridgehead atoms. The summed E-state index contributed by atoms with van der Waals surface area (Å²) in [6.45, 7) is 5.36. The van der Waals surface area contributed by atoms with Crippen molar-refractivity contribution in [2.45, 2.75) is 39.7 Å². The molecule has 0 aliphatic carbocycles. The first-order chi connectivity index (χ1) is 13.0. The number of nitrogens with one attached hydrogen (secondary N) is 1. The van der Waals surface area contributed by atoms with Crippen molar-refractivity contribution >= 4 is 22.6 Å². The summed E-state index contributed by atoms with van der Waals surface area (Å²) in [5, 5.41) is 1.19. The molecule has 0 spiro atoms. The average Bonchev–Trinajstić information content (AvgIpc) is 3.05. The van der Waals surface area contributed by atoms with Gasteiger partial charge in [-0.15, -0.1) is 0 Å². The zero-order chi connectivity index (χ0) is 19.0. The zero-order valence-corrected chi connectivity index (χ0v) is 15.8. The van der Waals surface area contributed by atoms with Crippen LogP contribution in [-0.2, 0) is 17.8 Å². The van der Waals surface area contributed by atoms with Crippen molar-refractivity contribution in [2.24, 2.45) is 0 Å². The van der Waals surface area contributed by atoms with Gasteiger partial charge in [0.15, 0.2) is 5.78 Å². The third-order valence-electron chi connectivity index (χ3n) is 5.63. The Balaban J connectivity index is 1.42. The number of fused-ring (bicyclic) bond motifs is 3. The van der Waals surface area contributed by atoms with Crippen LogP contribution < -0.4 is 0 Å². The molecule has 1 aliphatic rings. The number of carbonyl (C=O) groups is 2. The van der Waals surface area contributed by atoms with E-state index >= 15 is 0 Å². The molecule has 1 aliphatic heterocycles. The number of hydrogen-bond donors (Lipinski definition) is 1. The first kappa shape index (κ1) is 17.5. The van der Waals surface area contributed by atoms with E-state index in [0.717, 1.165) is 17.5 Å². The van der Waals surface area contributed by atoms with Crippen molar-refractivity contribution in [1.82, 2.24) is 9.88 Å². The van der Waals surface area contributed by atoms with Gasteiger partial charge >= 0.3 is 0 Å². The van der Waals surface area contributed by atoms with Crippen LogP contribution in [0.2, 0.25) is 0 Å². The highest BCUT2D eigenvalue weighted by Crippen LogP contribution is 2.28. The summed E-state index contributed by atoms with van der Waals surface area (Å²) in [6.07, 6.45) is 1.36. The fraction of sp³-hybridized carbons (Fsp3) is 0.304. The highest BCUT2D eigenvalue weighted by Gasteiger charge is 2.24. The van der Waals surface area contributed by atoms with Crippen LogP contribution in [0.25, 0.3) is 10.9 Å². The number of aryl methyl sites for hydroxylation is 2. The van der Waals surface area contributed by atoms with E-state index in [2.05, 4.69) is 17.1 Å². The number of rotatable bonds is 4. The molecule has 0 saturated carbocycles. The number of H-pyrrole nitrogens is 1. The number of carbonyl (C=O) groups excluding carboxylic acids is 2. The molecule has 1 amide bonds. The minimum absolute atomic E-state index is 0.0382. The number of ketones is 1. The maximum absolute atomic E-state index is 12.7. The fourth-order valence-electron chi connectivity index (χ4n) is 3.82. The Morgan fingerprint density at radius 3 is 2.67 bits per heavy atom. The van der Waals surface area contributed by atoms with E-state index in [4.69, 9.17) is 0 Å². The normalized spacial score (nSPS) is 13.6. The molecule has 27 heavy (non-hydrogen) atoms. The molecular weight excluding hydrogens is 336 g/mol. The van der Waals surface area contributed by atoms with Crippen LogP contribution >= 0.6 is 0 Å². The summed E-state index contributed by atoms with van der Waals surface area (Å²) < 4.78 is 0. The Kier molecular flexibility index (Phi) is 4.56. The number of hydrogen-bond acceptors (Lipinski definition) is 2. The van der Waals surface area contributed by atoms with Crippen LogP contribution in [0.1, 0.15) is 45.6 Å². The summed E-state index contributed by atoms with van der Waals surface area (Å²) in [7, 11) is 0. The number of para-hydroxylation sites is 1. The zero-order valence-electron chi connectivity index (χ0n) is 15.8. The van der Waals surface area contributed by atoms with Gasteiger partial charge in [-0.25, -0.2) is 0 Å². The molecule has 0 unspecified atom stereocenters. The Morgan fingerprint density at radius 1 is 1.04 bits per heavy atom. The average molecular weight is 360 g/mol. The lowest BCUT2D eigenvalue weighted by molar-refractivity contribution is -0.132. The summed E-state index contributed by atoms with van der Waals surface area (Å²) in [5.74, 6) is 0.0966. The maximum atomic E-state index is 12.7. The smallest absolute Gasteiger partial charge is 0.223 e. The van der Waals surface area contributed by atoms with Gasteiger partial charge in [0, 0.05) is 60.1 Å². The maximum Gasteiger partial charge on any atom is 0.223 e. The monoisotopic (exact) mass is 360 g/mol. The van der Waals surface area contributed by atoms with E-state index in [0.29, 0.717) is 18.7 Å². The Hall–Kier alpha value is -2.88. The van der Waals surface area contributed by atoms with Crippen LogP contribution in [0.15, 0.2) is 42.5 Å². The second-order valence-electron chi connectivity index (χ2n) is 7.42. The third kappa shape index (κ3) is 3.39. The van der Waals surface area contributed by atoms with E-state index in [-0.39, 0.29) is 24.5 Å². The number of benzene rings is 2. The van der Waals surface area contributed by atoms with E-state index in [1.807, 2.05) is 49.1 Å². The van der Waals surface area contributed by atoms with Crippen molar-refractivity contribution in [2.75, 3.05) is 6.54 Å². The van der Waals surface area contributed by atoms with E-state index in [9.17, 15) is 9.59 Å². The Labute approximate surface area is 159 Å². The van der Waals surface area contributed by atoms with E-state index in [1.165, 1.54) is 22.2 Å². The molecule has 0 atom stereocenters. The lowest BCUT2D eigenvalue weighted by atomic mass is 10.0. The molecule has 0 radical (unpaired) electrons. The van der Waals surface area contributed by atoms with Crippen LogP contribution in [0.4, 0.5) is 0 Å². The number of amides is 1. The van der Waals surface area contributed by atoms with Crippen molar-refractivity contribution < 1.29 is 9.59 Å². The summed E-state index contributed by atoms with van der Waals surface area (Å²) in [6, 6.07) is 14.0. The second kappa shape index (κ2) is 7.03. The highest BCUT2D eigenvalue weighted by molar-refractivity contribution is 5.98. The van der Waals surface area contributed by atoms with E-state index in [1.54, 1.807) is 0 Å². The summed E-state index contributed by atoms with van der Waals surface area (Å²) in [4.78, 5) is 30.5. The molecule has 2 heterocycles. The highest BCUT2D eigenvalue weighted by atomic mass is 16.2. The number of nitrogens with zero attached hydrogens (tertiary/aromatic N) is 1. The van der Waals surface area contributed by atoms with Crippen LogP contribution in [0.3, 0.4) is 0 Å². The largest absolute Gasteiger partial charge is 0.358 e. The van der Waals surface area contributed by atoms with Crippen LogP contribution in [-0.4, -0.2) is 28.1 Å². The number of aromatic amines is 1. The van der Waals surface area contributed by atoms with E-state index < -0.39 is 0 Å². The Morgan fingerprint density at radius 2 is 1.85 bits per heavy atom. The quantitative estimate of drug-likeness (QED) is 0.704. The third-order valence-corrected chi connectivity index (χ3v) is 5.63. The standard InChI is InChI=1S/C23H24N2O2/c1-15-7-8-17(13-16(15)2)22(26)9-10-23(27)25-12-11-21-19(14-25)18-5-3-4-6-20(18)24-21/h3-8,13,24H,9-12,14H2,1-2H3. The van der Waals surface area contributed by atoms with Gasteiger partial charge in [0.2, 0.25) is 5.91 Å². The van der Waals surface area contributed by atoms with Crippen LogP contribution in [0.5, 0.6) is 0 Å². The van der Waals surface area contributed by atoms with Crippen molar-refractivity contribution in [3.05, 3.63) is 70.4 Å². The van der Waals surface area contributed by atoms with Crippen molar-refractivity contribution in [1.29, 1.82) is 0 Å². The molecule has 3 aromatic rings. The lowest BCUT2D eigenvalue weighted by Crippen LogP contribution is -2.35. The molecule has 1 aromatic heterocycles. The fourth-order valence-corrected chi connectivity index (χ4v) is 3.82. The first-order valence-electron chi connectivity index (χ1n) is 9.49. The first-order valence-corrected chi connectivity index (χ1v) is 9.49. The summed E-state index contributed by atoms with van der Waals surface area (Å²) >= 11 is 0. The van der Waals surface area contributed by atoms with Gasteiger partial charge in [-0.3, -0.25) is 9.59 Å². The Bertz CT molecular complexity index is 1030. The minimum Gasteiger partial charge on any atom is -0.358 e. The van der Waals surface area contributed by atoms with Gasteiger partial charge in [-0.05, 0) is 37.1 Å². The van der Waals surface area contributed by atoms with Gasteiger partial charge in [-0.2, -0.15) is 0 Å². The molecule has 0 fully saturated rings. The molecule has 4 nitrogen and oxygen atoms in total. The lowest BCUT2D eigenvalue weighted by Gasteiger charge is -2.27. The molecule has 4 heteroatoms. The van der Waals surface area contributed by atoms with Crippen molar-refractivity contribution in [3.8, 4) is 0 Å². The van der Waals surface area contributed by atoms with Crippen molar-refractivity contribution in [3.63, 3.8) is 0 Å². The minimum atomic E-state index is 0.0382. The molecular formula is C23H24N2O2. The van der Waals surface area contributed by atoms with Gasteiger partial charge < -0.3 is 9.88 Å². The molecule has 138 valence electrons. The summed E-state index contributed by atoms with van der Waals surface area (Å²) in [5.41, 5.74) is 6.54. The molecule has 4 rings (SSSR count). The van der Waals surface area contributed by atoms with Gasteiger partial charge in [-0.1, -0.05) is 30.3 Å². The SMILES string of the molecule is Cc1ccc(C(=O)CCC(=O)N2CCc3[nH]c4ccccc4c3C2)cc1C. The molecule has 2 aromatic carbocycles. The number of Topliss-reactive ketones (excluding diaryl/α,β-unsaturated/α-hetero) is 1. The predicted molar refractivity (Wildman–Crippen MR) is 107 cm³/mol. The van der Waals surface area contributed by atoms with Gasteiger partial charge in [0.1, 0.15) is 0 Å².